The van der Waals surface area contributed by atoms with E-state index in [0.29, 0.717) is 19.3 Å². The first-order valence-electron chi connectivity index (χ1n) is 27.0. The monoisotopic (exact) mass is 927 g/mol. The summed E-state index contributed by atoms with van der Waals surface area (Å²) in [5, 5.41) is 0. The van der Waals surface area contributed by atoms with Crippen LogP contribution in [0.15, 0.2) is 122 Å². The number of carbonyl (C=O) groups is 3. The van der Waals surface area contributed by atoms with E-state index in [1.54, 1.807) is 0 Å². The van der Waals surface area contributed by atoms with Gasteiger partial charge in [0, 0.05) is 19.3 Å². The van der Waals surface area contributed by atoms with Crippen molar-refractivity contribution < 1.29 is 28.6 Å². The lowest BCUT2D eigenvalue weighted by atomic mass is 10.1. The fraction of sp³-hybridized carbons (Fsp3) is 0.623. The molecule has 0 aromatic rings. The summed E-state index contributed by atoms with van der Waals surface area (Å²) in [5.74, 6) is -1.03. The molecule has 6 heteroatoms. The Kier molecular flexibility index (Phi) is 51.0. The average Bonchev–Trinajstić information content (AvgIpc) is 3.33. The van der Waals surface area contributed by atoms with E-state index < -0.39 is 6.10 Å². The molecule has 0 bridgehead atoms. The summed E-state index contributed by atoms with van der Waals surface area (Å²) >= 11 is 0. The molecule has 0 aliphatic heterocycles. The zero-order valence-corrected chi connectivity index (χ0v) is 43.1. The Morgan fingerprint density at radius 2 is 0.612 bits per heavy atom. The zero-order valence-electron chi connectivity index (χ0n) is 43.1. The first kappa shape index (κ1) is 62.8. The summed E-state index contributed by atoms with van der Waals surface area (Å²) in [5.41, 5.74) is 0. The molecule has 0 N–H and O–H groups in total. The fourth-order valence-corrected chi connectivity index (χ4v) is 6.95. The van der Waals surface area contributed by atoms with Crippen LogP contribution < -0.4 is 0 Å². The molecule has 378 valence electrons. The highest BCUT2D eigenvalue weighted by Gasteiger charge is 2.19. The third-order valence-electron chi connectivity index (χ3n) is 10.9. The van der Waals surface area contributed by atoms with Gasteiger partial charge in [-0.2, -0.15) is 0 Å². The minimum absolute atomic E-state index is 0.117. The molecule has 0 heterocycles. The van der Waals surface area contributed by atoms with Crippen LogP contribution in [0.3, 0.4) is 0 Å². The summed E-state index contributed by atoms with van der Waals surface area (Å²) in [7, 11) is 0. The number of unbranched alkanes of at least 4 members (excludes halogenated alkanes) is 16. The maximum Gasteiger partial charge on any atom is 0.306 e. The minimum Gasteiger partial charge on any atom is -0.462 e. The second-order valence-electron chi connectivity index (χ2n) is 17.4. The number of esters is 3. The SMILES string of the molecule is CCC=CCC=CCC=CCC=CCC=CCC=CCCC(=O)OC[C@@H](COC(=O)CCCCCCCC=CCC=CCC=CCC)OC(=O)CCCCCCCC=CCCCCCCCC. The lowest BCUT2D eigenvalue weighted by molar-refractivity contribution is -0.166. The third kappa shape index (κ3) is 52.6. The van der Waals surface area contributed by atoms with E-state index in [-0.39, 0.29) is 37.5 Å². The molecular formula is C61H98O6. The maximum atomic E-state index is 12.8. The second-order valence-corrected chi connectivity index (χ2v) is 17.4. The van der Waals surface area contributed by atoms with Crippen molar-refractivity contribution in [3.8, 4) is 0 Å². The molecule has 0 amide bonds. The van der Waals surface area contributed by atoms with E-state index in [1.807, 2.05) is 12.2 Å². The van der Waals surface area contributed by atoms with Gasteiger partial charge >= 0.3 is 17.9 Å². The van der Waals surface area contributed by atoms with E-state index in [9.17, 15) is 14.4 Å². The van der Waals surface area contributed by atoms with Gasteiger partial charge in [0.25, 0.3) is 0 Å². The minimum atomic E-state index is -0.823. The topological polar surface area (TPSA) is 78.9 Å². The van der Waals surface area contributed by atoms with Gasteiger partial charge in [0.15, 0.2) is 6.10 Å². The maximum absolute atomic E-state index is 12.8. The first-order chi connectivity index (χ1) is 33.0. The Morgan fingerprint density at radius 1 is 0.313 bits per heavy atom. The van der Waals surface area contributed by atoms with Crippen LogP contribution in [0, 0.1) is 0 Å². The Bertz CT molecular complexity index is 1440. The van der Waals surface area contributed by atoms with Crippen molar-refractivity contribution in [1.29, 1.82) is 0 Å². The van der Waals surface area contributed by atoms with Crippen molar-refractivity contribution in [2.45, 2.75) is 232 Å². The fourth-order valence-electron chi connectivity index (χ4n) is 6.95. The molecule has 0 fully saturated rings. The Morgan fingerprint density at radius 3 is 1.01 bits per heavy atom. The predicted octanol–water partition coefficient (Wildman–Crippen LogP) is 18.1. The number of carbonyl (C=O) groups excluding carboxylic acids is 3. The van der Waals surface area contributed by atoms with Crippen LogP contribution in [0.25, 0.3) is 0 Å². The molecule has 0 unspecified atom stereocenters. The summed E-state index contributed by atoms with van der Waals surface area (Å²) in [6, 6.07) is 0. The lowest BCUT2D eigenvalue weighted by Gasteiger charge is -2.18. The average molecular weight is 927 g/mol. The number of rotatable bonds is 47. The van der Waals surface area contributed by atoms with E-state index in [0.717, 1.165) is 128 Å². The molecule has 0 saturated heterocycles. The molecule has 0 rings (SSSR count). The van der Waals surface area contributed by atoms with Gasteiger partial charge in [-0.15, -0.1) is 0 Å². The highest BCUT2D eigenvalue weighted by atomic mass is 16.6. The Balaban J connectivity index is 4.56. The van der Waals surface area contributed by atoms with Crippen LogP contribution in [0.2, 0.25) is 0 Å². The standard InChI is InChI=1S/C61H98O6/c1-4-7-10-13-16-19-22-25-28-29-30-31-34-36-39-42-45-48-51-54-60(63)66-57-58(67-61(64)55-52-49-46-43-40-37-33-27-24-21-18-15-12-9-6-3)56-65-59(62)53-50-47-44-41-38-35-32-26-23-20-17-14-11-8-5-2/h7-8,10-11,16-17,19-20,25-28,30-33,36,39,45,48,58H,4-6,9,12-15,18,21-24,29,34-35,37-38,40-44,46-47,49-57H2,1-3H3/t58-/m1/s1. The molecule has 1 atom stereocenters. The van der Waals surface area contributed by atoms with Crippen molar-refractivity contribution in [2.75, 3.05) is 13.2 Å². The smallest absolute Gasteiger partial charge is 0.306 e. The number of allylic oxidation sites excluding steroid dienone is 20. The highest BCUT2D eigenvalue weighted by Crippen LogP contribution is 2.13. The van der Waals surface area contributed by atoms with Gasteiger partial charge in [0.2, 0.25) is 0 Å². The van der Waals surface area contributed by atoms with Gasteiger partial charge in [-0.05, 0) is 116 Å². The van der Waals surface area contributed by atoms with E-state index in [1.165, 1.54) is 51.4 Å². The molecule has 0 saturated carbocycles. The van der Waals surface area contributed by atoms with E-state index >= 15 is 0 Å². The van der Waals surface area contributed by atoms with Crippen LogP contribution >= 0.6 is 0 Å². The summed E-state index contributed by atoms with van der Waals surface area (Å²) in [6.07, 6.45) is 74.8. The van der Waals surface area contributed by atoms with Crippen molar-refractivity contribution in [1.82, 2.24) is 0 Å². The Labute approximate surface area is 412 Å². The summed E-state index contributed by atoms with van der Waals surface area (Å²) < 4.78 is 16.7. The number of hydrogen-bond acceptors (Lipinski definition) is 6. The molecular weight excluding hydrogens is 829 g/mol. The molecule has 0 spiro atoms. The molecule has 67 heavy (non-hydrogen) atoms. The number of hydrogen-bond donors (Lipinski definition) is 0. The molecule has 0 aromatic heterocycles. The molecule has 0 aliphatic carbocycles. The van der Waals surface area contributed by atoms with Crippen molar-refractivity contribution in [3.05, 3.63) is 122 Å². The summed E-state index contributed by atoms with van der Waals surface area (Å²) in [4.78, 5) is 38.0. The highest BCUT2D eigenvalue weighted by molar-refractivity contribution is 5.71. The largest absolute Gasteiger partial charge is 0.462 e. The number of ether oxygens (including phenoxy) is 3. The van der Waals surface area contributed by atoms with Crippen LogP contribution in [-0.2, 0) is 28.6 Å². The molecule has 6 nitrogen and oxygen atoms in total. The van der Waals surface area contributed by atoms with Crippen molar-refractivity contribution in [2.24, 2.45) is 0 Å². The molecule has 0 aromatic carbocycles. The van der Waals surface area contributed by atoms with E-state index in [2.05, 4.69) is 130 Å². The molecule has 0 radical (unpaired) electrons. The predicted molar refractivity (Wildman–Crippen MR) is 288 cm³/mol. The van der Waals surface area contributed by atoms with Gasteiger partial charge in [0.1, 0.15) is 13.2 Å². The van der Waals surface area contributed by atoms with Crippen molar-refractivity contribution in [3.63, 3.8) is 0 Å². The van der Waals surface area contributed by atoms with Crippen LogP contribution in [0.4, 0.5) is 0 Å². The van der Waals surface area contributed by atoms with Crippen LogP contribution in [0.5, 0.6) is 0 Å². The van der Waals surface area contributed by atoms with Gasteiger partial charge in [0.05, 0.1) is 0 Å². The second kappa shape index (κ2) is 54.4. The van der Waals surface area contributed by atoms with Crippen LogP contribution in [-0.4, -0.2) is 37.2 Å². The summed E-state index contributed by atoms with van der Waals surface area (Å²) in [6.45, 7) is 6.31. The lowest BCUT2D eigenvalue weighted by Crippen LogP contribution is -2.30. The zero-order chi connectivity index (χ0) is 48.6. The first-order valence-corrected chi connectivity index (χ1v) is 27.0. The quantitative estimate of drug-likeness (QED) is 0.0262. The van der Waals surface area contributed by atoms with E-state index in [4.69, 9.17) is 14.2 Å². The normalized spacial score (nSPS) is 13.1. The molecule has 0 aliphatic rings. The van der Waals surface area contributed by atoms with Gasteiger partial charge in [-0.25, -0.2) is 0 Å². The Hall–Kier alpha value is -4.19. The van der Waals surface area contributed by atoms with Gasteiger partial charge in [-0.3, -0.25) is 14.4 Å². The van der Waals surface area contributed by atoms with Gasteiger partial charge in [-0.1, -0.05) is 213 Å². The van der Waals surface area contributed by atoms with Crippen molar-refractivity contribution >= 4 is 17.9 Å². The van der Waals surface area contributed by atoms with Crippen LogP contribution in [0.1, 0.15) is 226 Å². The van der Waals surface area contributed by atoms with Gasteiger partial charge < -0.3 is 14.2 Å². The third-order valence-corrected chi connectivity index (χ3v) is 10.9.